The van der Waals surface area contributed by atoms with E-state index >= 15 is 0 Å². The van der Waals surface area contributed by atoms with Gasteiger partial charge in [0.05, 0.1) is 11.3 Å². The first-order valence-corrected chi connectivity index (χ1v) is 10.2. The molecule has 4 rings (SSSR count). The highest BCUT2D eigenvalue weighted by Gasteiger charge is 2.34. The van der Waals surface area contributed by atoms with Gasteiger partial charge in [-0.2, -0.15) is 18.3 Å². The van der Waals surface area contributed by atoms with E-state index in [1.807, 2.05) is 5.38 Å². The lowest BCUT2D eigenvalue weighted by molar-refractivity contribution is -0.137. The molecule has 10 heteroatoms. The monoisotopic (exact) mass is 456 g/mol. The van der Waals surface area contributed by atoms with Crippen LogP contribution in [0.3, 0.4) is 0 Å². The fourth-order valence-electron chi connectivity index (χ4n) is 3.10. The first-order chi connectivity index (χ1) is 15.2. The van der Waals surface area contributed by atoms with E-state index in [0.29, 0.717) is 5.69 Å². The highest BCUT2D eigenvalue weighted by atomic mass is 32.1. The van der Waals surface area contributed by atoms with Gasteiger partial charge in [0.25, 0.3) is 5.91 Å². The molecule has 0 saturated carbocycles. The summed E-state index contributed by atoms with van der Waals surface area (Å²) < 4.78 is 41.3. The number of aryl methyl sites for hydroxylation is 1. The van der Waals surface area contributed by atoms with Crippen LogP contribution in [0.1, 0.15) is 21.7 Å². The van der Waals surface area contributed by atoms with Crippen molar-refractivity contribution in [1.29, 1.82) is 0 Å². The molecule has 0 unspecified atom stereocenters. The maximum Gasteiger partial charge on any atom is 0.418 e. The molecule has 0 aliphatic heterocycles. The third kappa shape index (κ3) is 4.30. The minimum absolute atomic E-state index is 0.163. The van der Waals surface area contributed by atoms with Crippen LogP contribution in [0.25, 0.3) is 16.3 Å². The molecule has 162 valence electrons. The number of hydrogen-bond acceptors (Lipinski definition) is 5. The molecule has 2 heterocycles. The predicted octanol–water partition coefficient (Wildman–Crippen LogP) is 4.94. The molecule has 0 spiro atoms. The molecule has 0 atom stereocenters. The van der Waals surface area contributed by atoms with Crippen LogP contribution in [0, 0.1) is 6.92 Å². The van der Waals surface area contributed by atoms with Gasteiger partial charge in [-0.1, -0.05) is 12.1 Å². The molecule has 0 bridgehead atoms. The number of para-hydroxylation sites is 1. The van der Waals surface area contributed by atoms with Gasteiger partial charge in [-0.25, -0.2) is 9.67 Å². The van der Waals surface area contributed by atoms with Gasteiger partial charge in [0.15, 0.2) is 5.69 Å². The number of anilines is 1. The van der Waals surface area contributed by atoms with E-state index in [-0.39, 0.29) is 11.4 Å². The Morgan fingerprint density at radius 1 is 1.09 bits per heavy atom. The molecule has 0 aliphatic rings. The zero-order chi connectivity index (χ0) is 22.9. The number of thiazole rings is 1. The first kappa shape index (κ1) is 21.4. The fourth-order valence-corrected chi connectivity index (χ4v) is 3.74. The minimum atomic E-state index is -4.63. The number of nitrogens with one attached hydrogen (secondary N) is 1. The number of carbonyl (C=O) groups is 1. The SMILES string of the molecule is Cc1cc(=O)c(C(=O)Nc2ccc(-c3nccs3)cc2)nn1-c1ccccc1C(F)(F)F. The van der Waals surface area contributed by atoms with Gasteiger partial charge in [0, 0.05) is 34.6 Å². The molecule has 0 fully saturated rings. The largest absolute Gasteiger partial charge is 0.418 e. The van der Waals surface area contributed by atoms with Crippen LogP contribution >= 0.6 is 11.3 Å². The minimum Gasteiger partial charge on any atom is -0.320 e. The molecular formula is C22H15F3N4O2S. The Bertz CT molecular complexity index is 1330. The van der Waals surface area contributed by atoms with Gasteiger partial charge in [-0.05, 0) is 43.3 Å². The molecular weight excluding hydrogens is 441 g/mol. The zero-order valence-electron chi connectivity index (χ0n) is 16.6. The lowest BCUT2D eigenvalue weighted by Gasteiger charge is -2.16. The van der Waals surface area contributed by atoms with Crippen LogP contribution in [-0.4, -0.2) is 20.7 Å². The second kappa shape index (κ2) is 8.39. The first-order valence-electron chi connectivity index (χ1n) is 9.33. The number of hydrogen-bond donors (Lipinski definition) is 1. The van der Waals surface area contributed by atoms with Crippen molar-refractivity contribution < 1.29 is 18.0 Å². The van der Waals surface area contributed by atoms with Crippen molar-refractivity contribution in [3.8, 4) is 16.3 Å². The third-order valence-corrected chi connectivity index (χ3v) is 5.40. The molecule has 0 radical (unpaired) electrons. The summed E-state index contributed by atoms with van der Waals surface area (Å²) in [5.74, 6) is -0.824. The second-order valence-corrected chi connectivity index (χ2v) is 7.69. The highest BCUT2D eigenvalue weighted by molar-refractivity contribution is 7.13. The van der Waals surface area contributed by atoms with Gasteiger partial charge < -0.3 is 5.32 Å². The number of rotatable bonds is 4. The summed E-state index contributed by atoms with van der Waals surface area (Å²) in [4.78, 5) is 29.3. The maximum absolute atomic E-state index is 13.4. The normalized spacial score (nSPS) is 11.4. The summed E-state index contributed by atoms with van der Waals surface area (Å²) in [6.45, 7) is 1.45. The molecule has 4 aromatic rings. The van der Waals surface area contributed by atoms with E-state index in [1.165, 1.54) is 36.5 Å². The van der Waals surface area contributed by atoms with Gasteiger partial charge >= 0.3 is 6.18 Å². The molecule has 32 heavy (non-hydrogen) atoms. The van der Waals surface area contributed by atoms with Crippen molar-refractivity contribution >= 4 is 22.9 Å². The Labute approximate surface area is 184 Å². The van der Waals surface area contributed by atoms with E-state index in [9.17, 15) is 22.8 Å². The van der Waals surface area contributed by atoms with Crippen LogP contribution in [-0.2, 0) is 6.18 Å². The van der Waals surface area contributed by atoms with Crippen molar-refractivity contribution in [2.75, 3.05) is 5.32 Å². The number of benzene rings is 2. The Kier molecular flexibility index (Phi) is 5.62. The summed E-state index contributed by atoms with van der Waals surface area (Å²) in [5, 5.41) is 9.17. The number of aromatic nitrogens is 3. The summed E-state index contributed by atoms with van der Waals surface area (Å²) in [6, 6.07) is 12.7. The van der Waals surface area contributed by atoms with Crippen molar-refractivity contribution in [2.24, 2.45) is 0 Å². The Balaban J connectivity index is 1.67. The molecule has 1 amide bonds. The number of alkyl halides is 3. The summed E-state index contributed by atoms with van der Waals surface area (Å²) in [5.41, 5.74) is -0.993. The van der Waals surface area contributed by atoms with Crippen LogP contribution in [0.5, 0.6) is 0 Å². The maximum atomic E-state index is 13.4. The Hall–Kier alpha value is -3.79. The van der Waals surface area contributed by atoms with Crippen molar-refractivity contribution in [2.45, 2.75) is 13.1 Å². The van der Waals surface area contributed by atoms with Crippen LogP contribution in [0.15, 0.2) is 71.0 Å². The average molecular weight is 456 g/mol. The van der Waals surface area contributed by atoms with E-state index in [0.717, 1.165) is 27.4 Å². The van der Waals surface area contributed by atoms with E-state index in [1.54, 1.807) is 30.5 Å². The van der Waals surface area contributed by atoms with Crippen molar-refractivity contribution in [3.63, 3.8) is 0 Å². The van der Waals surface area contributed by atoms with E-state index in [2.05, 4.69) is 15.4 Å². The molecule has 0 saturated heterocycles. The van der Waals surface area contributed by atoms with Crippen molar-refractivity contribution in [1.82, 2.24) is 14.8 Å². The van der Waals surface area contributed by atoms with Crippen LogP contribution in [0.4, 0.5) is 18.9 Å². The van der Waals surface area contributed by atoms with Crippen LogP contribution in [0.2, 0.25) is 0 Å². The Morgan fingerprint density at radius 3 is 2.47 bits per heavy atom. The highest BCUT2D eigenvalue weighted by Crippen LogP contribution is 2.33. The standard InChI is InChI=1S/C22H15F3N4O2S/c1-13-12-18(30)19(28-29(13)17-5-3-2-4-16(17)22(23,24)25)20(31)27-15-8-6-14(7-9-15)21-26-10-11-32-21/h2-12H,1H3,(H,27,31). The van der Waals surface area contributed by atoms with Gasteiger partial charge in [0.1, 0.15) is 5.01 Å². The smallest absolute Gasteiger partial charge is 0.320 e. The number of amides is 1. The average Bonchev–Trinajstić information content (AvgIpc) is 3.28. The molecule has 0 aliphatic carbocycles. The quantitative estimate of drug-likeness (QED) is 0.472. The zero-order valence-corrected chi connectivity index (χ0v) is 17.4. The predicted molar refractivity (Wildman–Crippen MR) is 115 cm³/mol. The van der Waals surface area contributed by atoms with Gasteiger partial charge in [0.2, 0.25) is 5.43 Å². The van der Waals surface area contributed by atoms with E-state index < -0.39 is 28.8 Å². The van der Waals surface area contributed by atoms with Crippen molar-refractivity contribution in [3.05, 3.63) is 93.3 Å². The lowest BCUT2D eigenvalue weighted by atomic mass is 10.1. The lowest BCUT2D eigenvalue weighted by Crippen LogP contribution is -2.27. The molecule has 6 nitrogen and oxygen atoms in total. The number of nitrogens with zero attached hydrogens (tertiary/aromatic N) is 3. The number of halogens is 3. The second-order valence-electron chi connectivity index (χ2n) is 6.79. The van der Waals surface area contributed by atoms with E-state index in [4.69, 9.17) is 0 Å². The molecule has 2 aromatic carbocycles. The molecule has 1 N–H and O–H groups in total. The number of carbonyl (C=O) groups excluding carboxylic acids is 1. The van der Waals surface area contributed by atoms with Crippen LogP contribution < -0.4 is 10.7 Å². The summed E-state index contributed by atoms with van der Waals surface area (Å²) in [7, 11) is 0. The van der Waals surface area contributed by atoms with Gasteiger partial charge in [-0.15, -0.1) is 11.3 Å². The fraction of sp³-hybridized carbons (Fsp3) is 0.0909. The van der Waals surface area contributed by atoms with Gasteiger partial charge in [-0.3, -0.25) is 9.59 Å². The summed E-state index contributed by atoms with van der Waals surface area (Å²) >= 11 is 1.47. The summed E-state index contributed by atoms with van der Waals surface area (Å²) in [6.07, 6.45) is -2.95. The Morgan fingerprint density at radius 2 is 1.81 bits per heavy atom. The topological polar surface area (TPSA) is 76.9 Å². The molecule has 2 aromatic heterocycles. The third-order valence-electron chi connectivity index (χ3n) is 4.58.